The van der Waals surface area contributed by atoms with E-state index in [0.29, 0.717) is 0 Å². The maximum Gasteiger partial charge on any atom is 0.323 e. The molecule has 0 radical (unpaired) electrons. The number of amides is 2. The SMILES string of the molecule is Cc1cc(C)cc(NC(=O)Nc2ccc(OC(C)C)cc2)c1. The normalized spacial score (nSPS) is 10.4. The fraction of sp³-hybridized carbons (Fsp3) is 0.278. The maximum atomic E-state index is 12.0. The van der Waals surface area contributed by atoms with Crippen LogP contribution in [0.5, 0.6) is 5.75 Å². The average Bonchev–Trinajstić information content (AvgIpc) is 2.39. The van der Waals surface area contributed by atoms with E-state index in [-0.39, 0.29) is 12.1 Å². The lowest BCUT2D eigenvalue weighted by Crippen LogP contribution is -2.19. The second-order valence-electron chi connectivity index (χ2n) is 5.65. The van der Waals surface area contributed by atoms with E-state index in [1.165, 1.54) is 0 Å². The second kappa shape index (κ2) is 6.98. The average molecular weight is 298 g/mol. The van der Waals surface area contributed by atoms with Gasteiger partial charge >= 0.3 is 6.03 Å². The van der Waals surface area contributed by atoms with Gasteiger partial charge in [0.2, 0.25) is 0 Å². The first kappa shape index (κ1) is 15.9. The summed E-state index contributed by atoms with van der Waals surface area (Å²) in [4.78, 5) is 12.0. The summed E-state index contributed by atoms with van der Waals surface area (Å²) in [6.45, 7) is 7.96. The molecular formula is C18H22N2O2. The van der Waals surface area contributed by atoms with Gasteiger partial charge in [0, 0.05) is 11.4 Å². The Morgan fingerprint density at radius 2 is 1.45 bits per heavy atom. The lowest BCUT2D eigenvalue weighted by molar-refractivity contribution is 0.242. The van der Waals surface area contributed by atoms with E-state index in [4.69, 9.17) is 4.74 Å². The Bertz CT molecular complexity index is 628. The van der Waals surface area contributed by atoms with Crippen LogP contribution in [0.25, 0.3) is 0 Å². The molecule has 0 aromatic heterocycles. The Hall–Kier alpha value is -2.49. The van der Waals surface area contributed by atoms with Gasteiger partial charge in [-0.2, -0.15) is 0 Å². The van der Waals surface area contributed by atoms with Crippen molar-refractivity contribution in [3.05, 3.63) is 53.6 Å². The monoisotopic (exact) mass is 298 g/mol. The zero-order valence-corrected chi connectivity index (χ0v) is 13.4. The number of hydrogen-bond acceptors (Lipinski definition) is 2. The van der Waals surface area contributed by atoms with Crippen molar-refractivity contribution in [1.29, 1.82) is 0 Å². The Morgan fingerprint density at radius 3 is 2.00 bits per heavy atom. The van der Waals surface area contributed by atoms with Gasteiger partial charge in [-0.05, 0) is 75.2 Å². The molecule has 2 aromatic rings. The summed E-state index contributed by atoms with van der Waals surface area (Å²) in [5.74, 6) is 0.787. The largest absolute Gasteiger partial charge is 0.491 e. The van der Waals surface area contributed by atoms with E-state index in [9.17, 15) is 4.79 Å². The number of benzene rings is 2. The van der Waals surface area contributed by atoms with Crippen LogP contribution in [0.3, 0.4) is 0 Å². The molecule has 116 valence electrons. The first-order chi connectivity index (χ1) is 10.4. The molecule has 2 rings (SSSR count). The number of urea groups is 1. The van der Waals surface area contributed by atoms with Crippen LogP contribution in [0.4, 0.5) is 16.2 Å². The van der Waals surface area contributed by atoms with E-state index in [0.717, 1.165) is 28.3 Å². The molecule has 0 bridgehead atoms. The van der Waals surface area contributed by atoms with Crippen molar-refractivity contribution in [2.24, 2.45) is 0 Å². The third kappa shape index (κ3) is 4.81. The molecule has 0 heterocycles. The van der Waals surface area contributed by atoms with Crippen LogP contribution >= 0.6 is 0 Å². The summed E-state index contributed by atoms with van der Waals surface area (Å²) in [6, 6.07) is 13.0. The molecule has 4 nitrogen and oxygen atoms in total. The van der Waals surface area contributed by atoms with Crippen LogP contribution in [0.1, 0.15) is 25.0 Å². The van der Waals surface area contributed by atoms with Gasteiger partial charge in [0.05, 0.1) is 6.10 Å². The van der Waals surface area contributed by atoms with Crippen molar-refractivity contribution in [3.8, 4) is 5.75 Å². The predicted molar refractivity (Wildman–Crippen MR) is 90.8 cm³/mol. The molecular weight excluding hydrogens is 276 g/mol. The zero-order valence-electron chi connectivity index (χ0n) is 13.4. The number of carbonyl (C=O) groups excluding carboxylic acids is 1. The molecule has 0 saturated heterocycles. The lowest BCUT2D eigenvalue weighted by atomic mass is 10.1. The molecule has 2 N–H and O–H groups in total. The molecule has 0 aliphatic carbocycles. The molecule has 2 aromatic carbocycles. The number of aryl methyl sites for hydroxylation is 2. The van der Waals surface area contributed by atoms with E-state index < -0.39 is 0 Å². The number of rotatable bonds is 4. The lowest BCUT2D eigenvalue weighted by Gasteiger charge is -2.11. The summed E-state index contributed by atoms with van der Waals surface area (Å²) in [6.07, 6.45) is 0.131. The number of hydrogen-bond donors (Lipinski definition) is 2. The molecule has 0 aliphatic heterocycles. The van der Waals surface area contributed by atoms with Gasteiger partial charge in [-0.1, -0.05) is 6.07 Å². The zero-order chi connectivity index (χ0) is 16.1. The summed E-state index contributed by atoms with van der Waals surface area (Å²) in [7, 11) is 0. The van der Waals surface area contributed by atoms with Crippen molar-refractivity contribution in [3.63, 3.8) is 0 Å². The Kier molecular flexibility index (Phi) is 5.04. The summed E-state index contributed by atoms with van der Waals surface area (Å²) < 4.78 is 5.57. The van der Waals surface area contributed by atoms with Gasteiger partial charge in [-0.15, -0.1) is 0 Å². The molecule has 0 spiro atoms. The smallest absolute Gasteiger partial charge is 0.323 e. The van der Waals surface area contributed by atoms with Crippen molar-refractivity contribution in [1.82, 2.24) is 0 Å². The molecule has 0 unspecified atom stereocenters. The summed E-state index contributed by atoms with van der Waals surface area (Å²) in [5.41, 5.74) is 3.74. The minimum atomic E-state index is -0.262. The van der Waals surface area contributed by atoms with Gasteiger partial charge in [0.15, 0.2) is 0 Å². The highest BCUT2D eigenvalue weighted by atomic mass is 16.5. The highest BCUT2D eigenvalue weighted by Gasteiger charge is 2.04. The van der Waals surface area contributed by atoms with Gasteiger partial charge in [-0.25, -0.2) is 4.79 Å². The van der Waals surface area contributed by atoms with Crippen molar-refractivity contribution in [2.45, 2.75) is 33.8 Å². The molecule has 0 aliphatic rings. The summed E-state index contributed by atoms with van der Waals surface area (Å²) >= 11 is 0. The molecule has 0 fully saturated rings. The minimum absolute atomic E-state index is 0.131. The number of carbonyl (C=O) groups is 1. The van der Waals surface area contributed by atoms with Crippen LogP contribution in [0.15, 0.2) is 42.5 Å². The Balaban J connectivity index is 1.96. The van der Waals surface area contributed by atoms with Gasteiger partial charge < -0.3 is 15.4 Å². The first-order valence-electron chi connectivity index (χ1n) is 7.35. The van der Waals surface area contributed by atoms with E-state index in [1.54, 1.807) is 0 Å². The standard InChI is InChI=1S/C18H22N2O2/c1-12(2)22-17-7-5-15(6-8-17)19-18(21)20-16-10-13(3)9-14(4)11-16/h5-12H,1-4H3,(H2,19,20,21). The second-order valence-corrected chi connectivity index (χ2v) is 5.65. The van der Waals surface area contributed by atoms with Crippen LogP contribution in [-0.4, -0.2) is 12.1 Å². The number of anilines is 2. The van der Waals surface area contributed by atoms with E-state index >= 15 is 0 Å². The van der Waals surface area contributed by atoms with Crippen LogP contribution in [-0.2, 0) is 0 Å². The quantitative estimate of drug-likeness (QED) is 0.857. The van der Waals surface area contributed by atoms with Gasteiger partial charge in [0.25, 0.3) is 0 Å². The molecule has 4 heteroatoms. The van der Waals surface area contributed by atoms with Crippen molar-refractivity contribution in [2.75, 3.05) is 10.6 Å². The van der Waals surface area contributed by atoms with Crippen LogP contribution < -0.4 is 15.4 Å². The number of ether oxygens (including phenoxy) is 1. The highest BCUT2D eigenvalue weighted by Crippen LogP contribution is 2.18. The molecule has 0 atom stereocenters. The Morgan fingerprint density at radius 1 is 0.909 bits per heavy atom. The van der Waals surface area contributed by atoms with Crippen LogP contribution in [0.2, 0.25) is 0 Å². The minimum Gasteiger partial charge on any atom is -0.491 e. The van der Waals surface area contributed by atoms with Crippen LogP contribution in [0, 0.1) is 13.8 Å². The van der Waals surface area contributed by atoms with Crippen molar-refractivity contribution < 1.29 is 9.53 Å². The fourth-order valence-corrected chi connectivity index (χ4v) is 2.23. The third-order valence-electron chi connectivity index (χ3n) is 2.96. The van der Waals surface area contributed by atoms with Crippen molar-refractivity contribution >= 4 is 17.4 Å². The third-order valence-corrected chi connectivity index (χ3v) is 2.96. The van der Waals surface area contributed by atoms with Gasteiger partial charge in [0.1, 0.15) is 5.75 Å². The highest BCUT2D eigenvalue weighted by molar-refractivity contribution is 5.99. The topological polar surface area (TPSA) is 50.4 Å². The van der Waals surface area contributed by atoms with Gasteiger partial charge in [-0.3, -0.25) is 0 Å². The Labute approximate surface area is 131 Å². The number of nitrogens with one attached hydrogen (secondary N) is 2. The molecule has 2 amide bonds. The summed E-state index contributed by atoms with van der Waals surface area (Å²) in [5, 5.41) is 5.64. The van der Waals surface area contributed by atoms with E-state index in [2.05, 4.69) is 16.7 Å². The molecule has 22 heavy (non-hydrogen) atoms. The molecule has 0 saturated carbocycles. The maximum absolute atomic E-state index is 12.0. The fourth-order valence-electron chi connectivity index (χ4n) is 2.23. The predicted octanol–water partition coefficient (Wildman–Crippen LogP) is 4.73. The first-order valence-corrected chi connectivity index (χ1v) is 7.35. The van der Waals surface area contributed by atoms with E-state index in [1.807, 2.05) is 64.1 Å².